The maximum Gasteiger partial charge on any atom is 0.240 e. The van der Waals surface area contributed by atoms with Crippen LogP contribution in [0.5, 0.6) is 0 Å². The Morgan fingerprint density at radius 3 is 2.25 bits per heavy atom. The monoisotopic (exact) mass is 487 g/mol. The van der Waals surface area contributed by atoms with Crippen molar-refractivity contribution in [3.05, 3.63) is 95.0 Å². The molecule has 0 radical (unpaired) electrons. The second-order valence-corrected chi connectivity index (χ2v) is 9.51. The van der Waals surface area contributed by atoms with Crippen molar-refractivity contribution in [1.29, 1.82) is 0 Å². The fraction of sp³-hybridized carbons (Fsp3) is 0.130. The molecule has 0 aliphatic rings. The lowest BCUT2D eigenvalue weighted by Gasteiger charge is -2.11. The maximum atomic E-state index is 12.5. The summed E-state index contributed by atoms with van der Waals surface area (Å²) in [5.74, 6) is -0.244. The van der Waals surface area contributed by atoms with Crippen LogP contribution in [-0.2, 0) is 27.8 Å². The maximum absolute atomic E-state index is 12.5. The molecule has 6 nitrogen and oxygen atoms in total. The summed E-state index contributed by atoms with van der Waals surface area (Å²) in [6.45, 7) is 0.202. The highest BCUT2D eigenvalue weighted by Crippen LogP contribution is 2.17. The van der Waals surface area contributed by atoms with Crippen molar-refractivity contribution < 1.29 is 13.2 Å². The summed E-state index contributed by atoms with van der Waals surface area (Å²) in [7, 11) is -3.65. The van der Waals surface area contributed by atoms with E-state index in [1.54, 1.807) is 18.2 Å². The molecule has 166 valence electrons. The van der Waals surface area contributed by atoms with Gasteiger partial charge in [-0.25, -0.2) is 13.1 Å². The zero-order valence-electron chi connectivity index (χ0n) is 17.0. The Balaban J connectivity index is 1.49. The van der Waals surface area contributed by atoms with Gasteiger partial charge in [0, 0.05) is 23.7 Å². The summed E-state index contributed by atoms with van der Waals surface area (Å²) in [4.78, 5) is 12.3. The third-order valence-electron chi connectivity index (χ3n) is 4.56. The highest BCUT2D eigenvalue weighted by atomic mass is 35.5. The molecule has 0 bridgehead atoms. The molecular weight excluding hydrogens is 466 g/mol. The number of hydrogen-bond acceptors (Lipinski definition) is 4. The van der Waals surface area contributed by atoms with E-state index in [1.807, 2.05) is 48.5 Å². The molecule has 0 saturated carbocycles. The van der Waals surface area contributed by atoms with Crippen LogP contribution in [0.1, 0.15) is 17.5 Å². The second-order valence-electron chi connectivity index (χ2n) is 6.93. The van der Waals surface area contributed by atoms with E-state index in [-0.39, 0.29) is 28.9 Å². The number of amides is 1. The number of thiocarbonyl (C=S) groups is 1. The average Bonchev–Trinajstić information content (AvgIpc) is 2.78. The van der Waals surface area contributed by atoms with E-state index in [4.69, 9.17) is 23.8 Å². The summed E-state index contributed by atoms with van der Waals surface area (Å²) >= 11 is 11.3. The van der Waals surface area contributed by atoms with Crippen LogP contribution in [0.15, 0.2) is 83.8 Å². The molecular formula is C23H22ClN3O3S2. The summed E-state index contributed by atoms with van der Waals surface area (Å²) in [5.41, 5.74) is 2.31. The smallest absolute Gasteiger partial charge is 0.240 e. The molecule has 0 fully saturated rings. The molecule has 32 heavy (non-hydrogen) atoms. The van der Waals surface area contributed by atoms with Gasteiger partial charge in [0.15, 0.2) is 5.11 Å². The number of nitrogens with one attached hydrogen (secondary N) is 3. The first kappa shape index (κ1) is 23.9. The number of aryl methyl sites for hydroxylation is 1. The molecule has 3 aromatic rings. The van der Waals surface area contributed by atoms with Crippen LogP contribution in [0.3, 0.4) is 0 Å². The minimum atomic E-state index is -3.65. The lowest BCUT2D eigenvalue weighted by molar-refractivity contribution is -0.119. The van der Waals surface area contributed by atoms with Gasteiger partial charge in [0.1, 0.15) is 0 Å². The first-order valence-electron chi connectivity index (χ1n) is 9.81. The van der Waals surface area contributed by atoms with E-state index in [0.717, 1.165) is 11.1 Å². The molecule has 1 amide bonds. The number of carbonyl (C=O) groups excluding carboxylic acids is 1. The van der Waals surface area contributed by atoms with E-state index in [2.05, 4.69) is 15.4 Å². The van der Waals surface area contributed by atoms with E-state index >= 15 is 0 Å². The zero-order valence-corrected chi connectivity index (χ0v) is 19.4. The fourth-order valence-electron chi connectivity index (χ4n) is 2.88. The molecule has 9 heteroatoms. The molecule has 0 unspecified atom stereocenters. The molecule has 0 heterocycles. The van der Waals surface area contributed by atoms with Crippen molar-refractivity contribution >= 4 is 50.5 Å². The van der Waals surface area contributed by atoms with Crippen molar-refractivity contribution in [3.8, 4) is 0 Å². The summed E-state index contributed by atoms with van der Waals surface area (Å²) in [6, 6.07) is 22.7. The first-order valence-corrected chi connectivity index (χ1v) is 12.1. The van der Waals surface area contributed by atoms with Crippen molar-refractivity contribution in [2.24, 2.45) is 0 Å². The third-order valence-corrected chi connectivity index (χ3v) is 6.55. The Morgan fingerprint density at radius 1 is 0.906 bits per heavy atom. The van der Waals surface area contributed by atoms with Gasteiger partial charge in [-0.1, -0.05) is 60.1 Å². The summed E-state index contributed by atoms with van der Waals surface area (Å²) in [6.07, 6.45) is 0.729. The number of benzene rings is 3. The number of rotatable bonds is 8. The van der Waals surface area contributed by atoms with Gasteiger partial charge in [0.05, 0.1) is 4.90 Å². The average molecular weight is 488 g/mol. The SMILES string of the molecule is O=C(CCc1ccccc1Cl)NC(=S)Nc1ccc(S(=O)(=O)NCc2ccccc2)cc1. The van der Waals surface area contributed by atoms with E-state index in [0.29, 0.717) is 17.1 Å². The number of hydrogen-bond donors (Lipinski definition) is 3. The van der Waals surface area contributed by atoms with Crippen LogP contribution < -0.4 is 15.4 Å². The van der Waals surface area contributed by atoms with Gasteiger partial charge >= 0.3 is 0 Å². The van der Waals surface area contributed by atoms with Crippen molar-refractivity contribution in [3.63, 3.8) is 0 Å². The normalized spacial score (nSPS) is 11.0. The predicted octanol–water partition coefficient (Wildman–Crippen LogP) is 4.26. The number of sulfonamides is 1. The standard InChI is InChI=1S/C23H22ClN3O3S2/c24-21-9-5-4-8-18(21)10-15-22(28)27-23(31)26-19-11-13-20(14-12-19)32(29,30)25-16-17-6-2-1-3-7-17/h1-9,11-14,25H,10,15-16H2,(H2,26,27,28,31). The summed E-state index contributed by atoms with van der Waals surface area (Å²) in [5, 5.41) is 6.24. The van der Waals surface area contributed by atoms with Crippen LogP contribution in [-0.4, -0.2) is 19.4 Å². The highest BCUT2D eigenvalue weighted by Gasteiger charge is 2.14. The molecule has 3 aromatic carbocycles. The molecule has 0 spiro atoms. The van der Waals surface area contributed by atoms with E-state index < -0.39 is 10.0 Å². The molecule has 0 aliphatic carbocycles. The molecule has 0 aliphatic heterocycles. The van der Waals surface area contributed by atoms with Crippen LogP contribution in [0, 0.1) is 0 Å². The second kappa shape index (κ2) is 11.2. The van der Waals surface area contributed by atoms with Crippen LogP contribution in [0.4, 0.5) is 5.69 Å². The summed E-state index contributed by atoms with van der Waals surface area (Å²) < 4.78 is 27.5. The number of carbonyl (C=O) groups is 1. The van der Waals surface area contributed by atoms with E-state index in [1.165, 1.54) is 12.1 Å². The van der Waals surface area contributed by atoms with Gasteiger partial charge in [-0.05, 0) is 60.1 Å². The van der Waals surface area contributed by atoms with Crippen molar-refractivity contribution in [2.75, 3.05) is 5.32 Å². The minimum Gasteiger partial charge on any atom is -0.332 e. The van der Waals surface area contributed by atoms with Gasteiger partial charge in [-0.2, -0.15) is 0 Å². The number of anilines is 1. The Morgan fingerprint density at radius 2 is 1.56 bits per heavy atom. The zero-order chi connectivity index (χ0) is 23.0. The van der Waals surface area contributed by atoms with Crippen molar-refractivity contribution in [2.45, 2.75) is 24.3 Å². The predicted molar refractivity (Wildman–Crippen MR) is 131 cm³/mol. The lowest BCUT2D eigenvalue weighted by atomic mass is 10.1. The molecule has 0 aromatic heterocycles. The van der Waals surface area contributed by atoms with Gasteiger partial charge in [-0.15, -0.1) is 0 Å². The van der Waals surface area contributed by atoms with Gasteiger partial charge in [-0.3, -0.25) is 4.79 Å². The van der Waals surface area contributed by atoms with Gasteiger partial charge in [0.2, 0.25) is 15.9 Å². The topological polar surface area (TPSA) is 87.3 Å². The minimum absolute atomic E-state index is 0.131. The largest absolute Gasteiger partial charge is 0.332 e. The Kier molecular flexibility index (Phi) is 8.35. The Labute approximate surface area is 198 Å². The Bertz CT molecular complexity index is 1180. The molecule has 0 saturated heterocycles. The van der Waals surface area contributed by atoms with Crippen LogP contribution >= 0.6 is 23.8 Å². The quantitative estimate of drug-likeness (QED) is 0.413. The fourth-order valence-corrected chi connectivity index (χ4v) is 4.36. The molecule has 0 atom stereocenters. The molecule has 3 rings (SSSR count). The van der Waals surface area contributed by atoms with Crippen molar-refractivity contribution in [1.82, 2.24) is 10.0 Å². The Hall–Kier alpha value is -2.78. The van der Waals surface area contributed by atoms with Gasteiger partial charge < -0.3 is 10.6 Å². The lowest BCUT2D eigenvalue weighted by Crippen LogP contribution is -2.34. The van der Waals surface area contributed by atoms with Gasteiger partial charge in [0.25, 0.3) is 0 Å². The first-order chi connectivity index (χ1) is 15.3. The van der Waals surface area contributed by atoms with Crippen LogP contribution in [0.25, 0.3) is 0 Å². The highest BCUT2D eigenvalue weighted by molar-refractivity contribution is 7.89. The van der Waals surface area contributed by atoms with Crippen LogP contribution in [0.2, 0.25) is 5.02 Å². The number of halogens is 1. The van der Waals surface area contributed by atoms with E-state index in [9.17, 15) is 13.2 Å². The third kappa shape index (κ3) is 7.13. The molecule has 3 N–H and O–H groups in total.